The minimum Gasteiger partial charge on any atom is -0.478 e. The van der Waals surface area contributed by atoms with E-state index >= 15 is 0 Å². The molecule has 0 unspecified atom stereocenters. The minimum absolute atomic E-state index is 0.0351. The van der Waals surface area contributed by atoms with E-state index in [4.69, 9.17) is 5.11 Å². The Hall–Kier alpha value is -2.17. The molecule has 1 heterocycles. The van der Waals surface area contributed by atoms with Crippen LogP contribution in [0.3, 0.4) is 0 Å². The van der Waals surface area contributed by atoms with Gasteiger partial charge in [-0.2, -0.15) is 0 Å². The van der Waals surface area contributed by atoms with Crippen LogP contribution in [0.2, 0.25) is 0 Å². The van der Waals surface area contributed by atoms with Gasteiger partial charge in [0.1, 0.15) is 0 Å². The average Bonchev–Trinajstić information content (AvgIpc) is 2.53. The van der Waals surface area contributed by atoms with E-state index in [1.807, 2.05) is 0 Å². The number of fused-ring (bicyclic) bond motifs is 1. The van der Waals surface area contributed by atoms with Crippen LogP contribution in [-0.2, 0) is 11.2 Å². The summed E-state index contributed by atoms with van der Waals surface area (Å²) in [6, 6.07) is 2.63. The number of hydrogen-bond acceptors (Lipinski definition) is 4. The number of hydrogen-bond donors (Lipinski definition) is 1. The highest BCUT2D eigenvalue weighted by atomic mass is 16.6. The van der Waals surface area contributed by atoms with E-state index in [0.29, 0.717) is 12.0 Å². The molecule has 0 spiro atoms. The van der Waals surface area contributed by atoms with E-state index in [-0.39, 0.29) is 16.7 Å². The van der Waals surface area contributed by atoms with Crippen molar-refractivity contribution in [3.63, 3.8) is 0 Å². The lowest BCUT2D eigenvalue weighted by molar-refractivity contribution is 0.0443. The maximum absolute atomic E-state index is 11.4. The maximum atomic E-state index is 11.4. The van der Waals surface area contributed by atoms with Crippen LogP contribution in [0, 0.1) is 0 Å². The van der Waals surface area contributed by atoms with Crippen molar-refractivity contribution in [1.29, 1.82) is 0 Å². The largest absolute Gasteiger partial charge is 0.478 e. The fourth-order valence-electron chi connectivity index (χ4n) is 1.81. The number of carboxylic acid groups (broad SMARTS) is 1. The molecule has 0 saturated heterocycles. The van der Waals surface area contributed by atoms with Gasteiger partial charge >= 0.3 is 17.9 Å². The molecule has 0 aliphatic carbocycles. The summed E-state index contributed by atoms with van der Waals surface area (Å²) in [5.41, 5.74) is 0.619. The zero-order chi connectivity index (χ0) is 11.9. The second-order valence-electron chi connectivity index (χ2n) is 3.35. The van der Waals surface area contributed by atoms with Gasteiger partial charge in [-0.25, -0.2) is 14.4 Å². The van der Waals surface area contributed by atoms with E-state index in [1.165, 1.54) is 12.1 Å². The van der Waals surface area contributed by atoms with Crippen LogP contribution in [0.5, 0.6) is 0 Å². The van der Waals surface area contributed by atoms with Crippen LogP contribution in [-0.4, -0.2) is 23.0 Å². The van der Waals surface area contributed by atoms with E-state index in [9.17, 15) is 14.4 Å². The number of benzene rings is 1. The van der Waals surface area contributed by atoms with E-state index in [2.05, 4.69) is 4.74 Å². The quantitative estimate of drug-likeness (QED) is 0.599. The molecule has 16 heavy (non-hydrogen) atoms. The van der Waals surface area contributed by atoms with Crippen molar-refractivity contribution in [2.45, 2.75) is 13.3 Å². The van der Waals surface area contributed by atoms with Gasteiger partial charge in [-0.05, 0) is 24.1 Å². The smallest absolute Gasteiger partial charge is 0.347 e. The Morgan fingerprint density at radius 1 is 1.31 bits per heavy atom. The van der Waals surface area contributed by atoms with E-state index < -0.39 is 17.9 Å². The van der Waals surface area contributed by atoms with Gasteiger partial charge in [0.2, 0.25) is 0 Å². The summed E-state index contributed by atoms with van der Waals surface area (Å²) >= 11 is 0. The van der Waals surface area contributed by atoms with Crippen molar-refractivity contribution in [1.82, 2.24) is 0 Å². The average molecular weight is 220 g/mol. The molecule has 1 aliphatic rings. The zero-order valence-electron chi connectivity index (χ0n) is 8.44. The Morgan fingerprint density at radius 3 is 2.56 bits per heavy atom. The number of carboxylic acids is 1. The second-order valence-corrected chi connectivity index (χ2v) is 3.35. The zero-order valence-corrected chi connectivity index (χ0v) is 8.44. The fourth-order valence-corrected chi connectivity index (χ4v) is 1.81. The van der Waals surface area contributed by atoms with Gasteiger partial charge in [0, 0.05) is 0 Å². The third-order valence-electron chi connectivity index (χ3n) is 2.51. The van der Waals surface area contributed by atoms with Gasteiger partial charge in [-0.15, -0.1) is 0 Å². The Labute approximate surface area is 90.6 Å². The number of ether oxygens (including phenoxy) is 1. The molecule has 0 aromatic heterocycles. The minimum atomic E-state index is -1.12. The lowest BCUT2D eigenvalue weighted by Gasteiger charge is -2.05. The molecule has 0 radical (unpaired) electrons. The third kappa shape index (κ3) is 1.29. The van der Waals surface area contributed by atoms with Crippen molar-refractivity contribution in [3.8, 4) is 0 Å². The molecule has 1 aliphatic heterocycles. The maximum Gasteiger partial charge on any atom is 0.347 e. The molecule has 0 fully saturated rings. The van der Waals surface area contributed by atoms with Crippen molar-refractivity contribution in [3.05, 3.63) is 34.4 Å². The summed E-state index contributed by atoms with van der Waals surface area (Å²) in [7, 11) is 0. The molecule has 0 atom stereocenters. The number of cyclic esters (lactones) is 2. The van der Waals surface area contributed by atoms with Crippen LogP contribution < -0.4 is 0 Å². The highest BCUT2D eigenvalue weighted by Gasteiger charge is 2.33. The first-order chi connectivity index (χ1) is 7.56. The number of carbonyl (C=O) groups excluding carboxylic acids is 2. The van der Waals surface area contributed by atoms with Crippen LogP contribution >= 0.6 is 0 Å². The topological polar surface area (TPSA) is 80.7 Å². The molecule has 5 heteroatoms. The molecule has 1 N–H and O–H groups in total. The highest BCUT2D eigenvalue weighted by Crippen LogP contribution is 2.26. The molecule has 82 valence electrons. The van der Waals surface area contributed by atoms with Crippen LogP contribution in [0.25, 0.3) is 0 Å². The molecule has 1 aromatic carbocycles. The second kappa shape index (κ2) is 3.44. The number of carbonyl (C=O) groups is 3. The molecular formula is C11H8O5. The van der Waals surface area contributed by atoms with Gasteiger partial charge in [0.05, 0.1) is 16.7 Å². The first-order valence-corrected chi connectivity index (χ1v) is 4.72. The predicted molar refractivity (Wildman–Crippen MR) is 52.5 cm³/mol. The van der Waals surface area contributed by atoms with Gasteiger partial charge < -0.3 is 9.84 Å². The summed E-state index contributed by atoms with van der Waals surface area (Å²) < 4.78 is 4.44. The Kier molecular flexibility index (Phi) is 2.23. The summed E-state index contributed by atoms with van der Waals surface area (Å²) in [4.78, 5) is 33.6. The fraction of sp³-hybridized carbons (Fsp3) is 0.182. The molecular weight excluding hydrogens is 212 g/mol. The number of esters is 2. The summed E-state index contributed by atoms with van der Waals surface area (Å²) in [5.74, 6) is -2.60. The van der Waals surface area contributed by atoms with Crippen LogP contribution in [0.4, 0.5) is 0 Å². The van der Waals surface area contributed by atoms with Crippen LogP contribution in [0.1, 0.15) is 43.6 Å². The normalized spacial score (nSPS) is 13.6. The summed E-state index contributed by atoms with van der Waals surface area (Å²) in [6.07, 6.45) is 0.354. The molecule has 0 bridgehead atoms. The van der Waals surface area contributed by atoms with Crippen molar-refractivity contribution in [2.24, 2.45) is 0 Å². The standard InChI is InChI=1S/C11H8O5/c1-2-5-6(9(12)13)3-4-7-8(5)11(15)16-10(7)14/h3-4H,2H2,1H3,(H,12,13). The van der Waals surface area contributed by atoms with Gasteiger partial charge in [0.15, 0.2) is 0 Å². The first kappa shape index (κ1) is 10.4. The Balaban J connectivity index is 2.75. The van der Waals surface area contributed by atoms with Gasteiger partial charge in [0.25, 0.3) is 0 Å². The molecule has 0 amide bonds. The molecule has 0 saturated carbocycles. The number of aromatic carboxylic acids is 1. The molecule has 2 rings (SSSR count). The Morgan fingerprint density at radius 2 is 2.00 bits per heavy atom. The highest BCUT2D eigenvalue weighted by molar-refractivity contribution is 6.16. The molecule has 1 aromatic rings. The summed E-state index contributed by atoms with van der Waals surface area (Å²) in [5, 5.41) is 8.94. The third-order valence-corrected chi connectivity index (χ3v) is 2.51. The van der Waals surface area contributed by atoms with E-state index in [0.717, 1.165) is 0 Å². The van der Waals surface area contributed by atoms with Crippen LogP contribution in [0.15, 0.2) is 12.1 Å². The summed E-state index contributed by atoms with van der Waals surface area (Å²) in [6.45, 7) is 1.72. The van der Waals surface area contributed by atoms with Crippen molar-refractivity contribution >= 4 is 17.9 Å². The monoisotopic (exact) mass is 220 g/mol. The van der Waals surface area contributed by atoms with Gasteiger partial charge in [-0.1, -0.05) is 6.92 Å². The van der Waals surface area contributed by atoms with Crippen molar-refractivity contribution in [2.75, 3.05) is 0 Å². The van der Waals surface area contributed by atoms with Crippen molar-refractivity contribution < 1.29 is 24.2 Å². The first-order valence-electron chi connectivity index (χ1n) is 4.72. The van der Waals surface area contributed by atoms with E-state index in [1.54, 1.807) is 6.92 Å². The SMILES string of the molecule is CCc1c(C(=O)O)ccc2c1C(=O)OC2=O. The Bertz CT molecular complexity index is 515. The number of rotatable bonds is 2. The lowest BCUT2D eigenvalue weighted by Crippen LogP contribution is -2.08. The molecule has 5 nitrogen and oxygen atoms in total. The van der Waals surface area contributed by atoms with Gasteiger partial charge in [-0.3, -0.25) is 0 Å². The lowest BCUT2D eigenvalue weighted by atomic mass is 9.95. The predicted octanol–water partition coefficient (Wildman–Crippen LogP) is 1.26.